The third-order valence-electron chi connectivity index (χ3n) is 3.19. The van der Waals surface area contributed by atoms with E-state index in [2.05, 4.69) is 5.10 Å². The predicted molar refractivity (Wildman–Crippen MR) is 74.4 cm³/mol. The van der Waals surface area contributed by atoms with E-state index >= 15 is 0 Å². The summed E-state index contributed by atoms with van der Waals surface area (Å²) in [6.45, 7) is 0.258. The summed E-state index contributed by atoms with van der Waals surface area (Å²) < 4.78 is 15.7. The van der Waals surface area contributed by atoms with Crippen molar-refractivity contribution < 1.29 is 4.39 Å². The topological polar surface area (TPSA) is 67.6 Å². The van der Waals surface area contributed by atoms with Crippen molar-refractivity contribution in [3.8, 4) is 6.07 Å². The van der Waals surface area contributed by atoms with E-state index in [4.69, 9.17) is 11.0 Å². The Kier molecular flexibility index (Phi) is 2.84. The van der Waals surface area contributed by atoms with Crippen LogP contribution in [0.15, 0.2) is 42.6 Å². The molecule has 0 amide bonds. The average Bonchev–Trinajstić information content (AvgIpc) is 2.83. The summed E-state index contributed by atoms with van der Waals surface area (Å²) in [6, 6.07) is 12.1. The molecule has 2 aromatic carbocycles. The standard InChI is InChI=1S/C15H11FN4/c16-15-10(7-17)2-1-3-12(15)9-20-14-6-13(18)5-4-11(14)8-19-20/h1-6,8H,9,18H2. The van der Waals surface area contributed by atoms with Crippen LogP contribution in [0.1, 0.15) is 11.1 Å². The molecule has 5 heteroatoms. The second-order valence-electron chi connectivity index (χ2n) is 4.51. The number of nitrogens with zero attached hydrogens (tertiary/aromatic N) is 3. The van der Waals surface area contributed by atoms with E-state index in [1.165, 1.54) is 6.07 Å². The SMILES string of the molecule is N#Cc1cccc(Cn2ncc3ccc(N)cc32)c1F. The lowest BCUT2D eigenvalue weighted by atomic mass is 10.1. The number of hydrogen-bond donors (Lipinski definition) is 1. The van der Waals surface area contributed by atoms with Crippen LogP contribution in [0, 0.1) is 17.1 Å². The van der Waals surface area contributed by atoms with Crippen molar-refractivity contribution in [2.45, 2.75) is 6.54 Å². The molecule has 0 bridgehead atoms. The summed E-state index contributed by atoms with van der Waals surface area (Å²) in [4.78, 5) is 0. The van der Waals surface area contributed by atoms with Crippen LogP contribution in [0.3, 0.4) is 0 Å². The van der Waals surface area contributed by atoms with Gasteiger partial charge in [0.2, 0.25) is 0 Å². The van der Waals surface area contributed by atoms with Crippen LogP contribution in [0.5, 0.6) is 0 Å². The Bertz CT molecular complexity index is 829. The number of aromatic nitrogens is 2. The molecule has 20 heavy (non-hydrogen) atoms. The Morgan fingerprint density at radius 3 is 2.95 bits per heavy atom. The monoisotopic (exact) mass is 266 g/mol. The van der Waals surface area contributed by atoms with Crippen molar-refractivity contribution in [1.82, 2.24) is 9.78 Å². The second kappa shape index (κ2) is 4.67. The lowest BCUT2D eigenvalue weighted by Crippen LogP contribution is -2.04. The highest BCUT2D eigenvalue weighted by Gasteiger charge is 2.10. The molecular weight excluding hydrogens is 255 g/mol. The number of halogens is 1. The number of anilines is 1. The van der Waals surface area contributed by atoms with Gasteiger partial charge in [0.05, 0.1) is 23.8 Å². The number of benzene rings is 2. The van der Waals surface area contributed by atoms with Crippen LogP contribution in [0.2, 0.25) is 0 Å². The number of nitriles is 1. The van der Waals surface area contributed by atoms with Gasteiger partial charge in [-0.2, -0.15) is 10.4 Å². The smallest absolute Gasteiger partial charge is 0.146 e. The van der Waals surface area contributed by atoms with Gasteiger partial charge in [0.15, 0.2) is 0 Å². The fourth-order valence-electron chi connectivity index (χ4n) is 2.16. The first kappa shape index (κ1) is 12.2. The number of hydrogen-bond acceptors (Lipinski definition) is 3. The van der Waals surface area contributed by atoms with Crippen molar-refractivity contribution in [3.63, 3.8) is 0 Å². The Morgan fingerprint density at radius 1 is 1.30 bits per heavy atom. The van der Waals surface area contributed by atoms with Gasteiger partial charge < -0.3 is 5.73 Å². The molecule has 3 aromatic rings. The van der Waals surface area contributed by atoms with Gasteiger partial charge in [-0.25, -0.2) is 4.39 Å². The van der Waals surface area contributed by atoms with Crippen LogP contribution < -0.4 is 5.73 Å². The molecule has 0 aliphatic rings. The van der Waals surface area contributed by atoms with Crippen molar-refractivity contribution in [3.05, 3.63) is 59.5 Å². The lowest BCUT2D eigenvalue weighted by molar-refractivity contribution is 0.587. The molecular formula is C15H11FN4. The van der Waals surface area contributed by atoms with E-state index in [9.17, 15) is 4.39 Å². The third kappa shape index (κ3) is 1.97. The molecule has 98 valence electrons. The van der Waals surface area contributed by atoms with Gasteiger partial charge in [0, 0.05) is 16.6 Å². The Balaban J connectivity index is 2.06. The van der Waals surface area contributed by atoms with Crippen LogP contribution in [0.25, 0.3) is 10.9 Å². The maximum atomic E-state index is 14.1. The molecule has 0 unspecified atom stereocenters. The highest BCUT2D eigenvalue weighted by Crippen LogP contribution is 2.19. The van der Waals surface area contributed by atoms with Crippen LogP contribution in [-0.4, -0.2) is 9.78 Å². The van der Waals surface area contributed by atoms with E-state index in [-0.39, 0.29) is 12.1 Å². The third-order valence-corrected chi connectivity index (χ3v) is 3.19. The van der Waals surface area contributed by atoms with E-state index < -0.39 is 5.82 Å². The minimum Gasteiger partial charge on any atom is -0.399 e. The highest BCUT2D eigenvalue weighted by molar-refractivity contribution is 5.81. The minimum atomic E-state index is -0.498. The van der Waals surface area contributed by atoms with Gasteiger partial charge in [-0.05, 0) is 24.3 Å². The lowest BCUT2D eigenvalue weighted by Gasteiger charge is -2.06. The summed E-state index contributed by atoms with van der Waals surface area (Å²) >= 11 is 0. The molecule has 4 nitrogen and oxygen atoms in total. The maximum absolute atomic E-state index is 14.1. The molecule has 0 aliphatic carbocycles. The quantitative estimate of drug-likeness (QED) is 0.725. The number of nitrogens with two attached hydrogens (primary N) is 1. The largest absolute Gasteiger partial charge is 0.399 e. The number of rotatable bonds is 2. The molecule has 3 rings (SSSR count). The van der Waals surface area contributed by atoms with E-state index in [1.54, 1.807) is 35.1 Å². The van der Waals surface area contributed by atoms with Crippen molar-refractivity contribution >= 4 is 16.6 Å². The molecule has 0 radical (unpaired) electrons. The zero-order valence-corrected chi connectivity index (χ0v) is 10.5. The first-order valence-electron chi connectivity index (χ1n) is 6.07. The highest BCUT2D eigenvalue weighted by atomic mass is 19.1. The molecule has 0 saturated heterocycles. The molecule has 0 spiro atoms. The summed E-state index contributed by atoms with van der Waals surface area (Å²) in [6.07, 6.45) is 1.71. The van der Waals surface area contributed by atoms with Gasteiger partial charge in [-0.3, -0.25) is 4.68 Å². The first-order chi connectivity index (χ1) is 9.69. The molecule has 0 atom stereocenters. The molecule has 1 heterocycles. The van der Waals surface area contributed by atoms with Crippen molar-refractivity contribution in [2.75, 3.05) is 5.73 Å². The van der Waals surface area contributed by atoms with Crippen molar-refractivity contribution in [2.24, 2.45) is 0 Å². The van der Waals surface area contributed by atoms with Gasteiger partial charge in [0.25, 0.3) is 0 Å². The van der Waals surface area contributed by atoms with Crippen LogP contribution in [0.4, 0.5) is 10.1 Å². The summed E-state index contributed by atoms with van der Waals surface area (Å²) in [5.41, 5.74) is 7.70. The molecule has 2 N–H and O–H groups in total. The Labute approximate surface area is 114 Å². The minimum absolute atomic E-state index is 0.0403. The van der Waals surface area contributed by atoms with Crippen molar-refractivity contribution in [1.29, 1.82) is 5.26 Å². The average molecular weight is 266 g/mol. The van der Waals surface area contributed by atoms with E-state index in [0.29, 0.717) is 11.3 Å². The maximum Gasteiger partial charge on any atom is 0.146 e. The van der Waals surface area contributed by atoms with Gasteiger partial charge in [0.1, 0.15) is 11.9 Å². The zero-order valence-electron chi connectivity index (χ0n) is 10.5. The van der Waals surface area contributed by atoms with E-state index in [1.807, 2.05) is 12.1 Å². The van der Waals surface area contributed by atoms with Gasteiger partial charge in [-0.15, -0.1) is 0 Å². The predicted octanol–water partition coefficient (Wildman–Crippen LogP) is 2.68. The second-order valence-corrected chi connectivity index (χ2v) is 4.51. The van der Waals surface area contributed by atoms with Crippen LogP contribution in [-0.2, 0) is 6.54 Å². The fourth-order valence-corrected chi connectivity index (χ4v) is 2.16. The number of nitrogen functional groups attached to an aromatic ring is 1. The van der Waals surface area contributed by atoms with Gasteiger partial charge >= 0.3 is 0 Å². The molecule has 0 aliphatic heterocycles. The Morgan fingerprint density at radius 2 is 2.15 bits per heavy atom. The summed E-state index contributed by atoms with van der Waals surface area (Å²) in [5.74, 6) is -0.498. The summed E-state index contributed by atoms with van der Waals surface area (Å²) in [5, 5.41) is 14.0. The normalized spacial score (nSPS) is 10.6. The Hall–Kier alpha value is -2.87. The molecule has 1 aromatic heterocycles. The summed E-state index contributed by atoms with van der Waals surface area (Å²) in [7, 11) is 0. The van der Waals surface area contributed by atoms with Crippen LogP contribution >= 0.6 is 0 Å². The van der Waals surface area contributed by atoms with E-state index in [0.717, 1.165) is 10.9 Å². The zero-order chi connectivity index (χ0) is 14.1. The molecule has 0 saturated carbocycles. The first-order valence-corrected chi connectivity index (χ1v) is 6.07. The molecule has 0 fully saturated rings. The number of fused-ring (bicyclic) bond motifs is 1. The van der Waals surface area contributed by atoms with Gasteiger partial charge in [-0.1, -0.05) is 12.1 Å². The fraction of sp³-hybridized carbons (Fsp3) is 0.0667.